The number of fused-ring (bicyclic) bond motifs is 3. The zero-order chi connectivity index (χ0) is 18.4. The lowest BCUT2D eigenvalue weighted by atomic mass is 9.81. The maximum absolute atomic E-state index is 12.8. The van der Waals surface area contributed by atoms with Crippen LogP contribution in [0.4, 0.5) is 4.79 Å². The largest absolute Gasteiger partial charge is 0.468 e. The molecule has 0 saturated heterocycles. The van der Waals surface area contributed by atoms with Crippen molar-refractivity contribution >= 4 is 28.7 Å². The van der Waals surface area contributed by atoms with Crippen molar-refractivity contribution in [3.63, 3.8) is 0 Å². The number of Topliss-reactive ketones (excluding diaryl/α,β-unsaturated/α-hetero) is 1. The number of methoxy groups -OCH3 is 1. The standard InChI is InChI=1S/C19H21NO5/c1-19(2,3)25-18(23)20-10-9-12-14(20)8-6-11-5-7-13(17(22)24-4)16(21)15(11)12/h6,8-10,13H,5,7H2,1-4H3. The number of benzene rings is 1. The van der Waals surface area contributed by atoms with Crippen molar-refractivity contribution in [3.05, 3.63) is 35.5 Å². The third kappa shape index (κ3) is 3.04. The van der Waals surface area contributed by atoms with Crippen LogP contribution < -0.4 is 0 Å². The SMILES string of the molecule is COC(=O)C1CCc2ccc3c(ccn3C(=O)OC(C)(C)C)c2C1=O. The van der Waals surface area contributed by atoms with E-state index in [1.807, 2.05) is 12.1 Å². The van der Waals surface area contributed by atoms with E-state index in [4.69, 9.17) is 9.47 Å². The molecule has 0 N–H and O–H groups in total. The van der Waals surface area contributed by atoms with Crippen LogP contribution in [0.15, 0.2) is 24.4 Å². The Balaban J connectivity index is 2.07. The Morgan fingerprint density at radius 2 is 1.92 bits per heavy atom. The molecule has 1 aromatic heterocycles. The van der Waals surface area contributed by atoms with E-state index < -0.39 is 23.6 Å². The van der Waals surface area contributed by atoms with Gasteiger partial charge < -0.3 is 9.47 Å². The fourth-order valence-electron chi connectivity index (χ4n) is 3.20. The fraction of sp³-hybridized carbons (Fsp3) is 0.421. The highest BCUT2D eigenvalue weighted by molar-refractivity contribution is 6.17. The number of hydrogen-bond acceptors (Lipinski definition) is 5. The number of aryl methyl sites for hydroxylation is 1. The van der Waals surface area contributed by atoms with Gasteiger partial charge >= 0.3 is 12.1 Å². The average molecular weight is 343 g/mol. The van der Waals surface area contributed by atoms with Gasteiger partial charge in [-0.25, -0.2) is 4.79 Å². The number of nitrogens with zero attached hydrogens (tertiary/aromatic N) is 1. The smallest absolute Gasteiger partial charge is 0.418 e. The van der Waals surface area contributed by atoms with Crippen molar-refractivity contribution in [2.24, 2.45) is 5.92 Å². The molecule has 6 nitrogen and oxygen atoms in total. The Labute approximate surface area is 145 Å². The van der Waals surface area contributed by atoms with Crippen molar-refractivity contribution < 1.29 is 23.9 Å². The maximum atomic E-state index is 12.8. The van der Waals surface area contributed by atoms with Gasteiger partial charge in [-0.15, -0.1) is 0 Å². The molecule has 1 aliphatic carbocycles. The molecule has 0 aliphatic heterocycles. The number of esters is 1. The molecule has 0 amide bonds. The summed E-state index contributed by atoms with van der Waals surface area (Å²) >= 11 is 0. The van der Waals surface area contributed by atoms with Gasteiger partial charge in [0.1, 0.15) is 11.5 Å². The van der Waals surface area contributed by atoms with Gasteiger partial charge in [0.25, 0.3) is 0 Å². The van der Waals surface area contributed by atoms with E-state index >= 15 is 0 Å². The van der Waals surface area contributed by atoms with Gasteiger partial charge in [0.2, 0.25) is 0 Å². The summed E-state index contributed by atoms with van der Waals surface area (Å²) in [7, 11) is 1.28. The first-order chi connectivity index (χ1) is 11.7. The lowest BCUT2D eigenvalue weighted by Gasteiger charge is -2.22. The van der Waals surface area contributed by atoms with E-state index in [0.29, 0.717) is 29.3 Å². The highest BCUT2D eigenvalue weighted by Gasteiger charge is 2.35. The lowest BCUT2D eigenvalue weighted by molar-refractivity contribution is -0.143. The minimum atomic E-state index is -0.784. The van der Waals surface area contributed by atoms with E-state index in [-0.39, 0.29) is 5.78 Å². The molecule has 1 unspecified atom stereocenters. The van der Waals surface area contributed by atoms with E-state index in [2.05, 4.69) is 0 Å². The van der Waals surface area contributed by atoms with Gasteiger partial charge in [0.15, 0.2) is 5.78 Å². The highest BCUT2D eigenvalue weighted by atomic mass is 16.6. The van der Waals surface area contributed by atoms with Crippen molar-refractivity contribution in [2.45, 2.75) is 39.2 Å². The zero-order valence-corrected chi connectivity index (χ0v) is 14.8. The molecule has 0 saturated carbocycles. The molecule has 1 atom stereocenters. The molecule has 2 aromatic rings. The molecule has 6 heteroatoms. The average Bonchev–Trinajstić information content (AvgIpc) is 2.96. The first kappa shape index (κ1) is 17.2. The Morgan fingerprint density at radius 1 is 1.20 bits per heavy atom. The third-order valence-corrected chi connectivity index (χ3v) is 4.30. The monoisotopic (exact) mass is 343 g/mol. The van der Waals surface area contributed by atoms with Crippen molar-refractivity contribution in [3.8, 4) is 0 Å². The van der Waals surface area contributed by atoms with E-state index in [1.165, 1.54) is 11.7 Å². The minimum absolute atomic E-state index is 0.249. The molecule has 25 heavy (non-hydrogen) atoms. The number of aromatic nitrogens is 1. The predicted octanol–water partition coefficient (Wildman–Crippen LogP) is 3.34. The van der Waals surface area contributed by atoms with Crippen LogP contribution in [-0.2, 0) is 20.7 Å². The van der Waals surface area contributed by atoms with Crippen LogP contribution in [-0.4, -0.2) is 35.1 Å². The summed E-state index contributed by atoms with van der Waals surface area (Å²) in [4.78, 5) is 37.1. The second-order valence-corrected chi connectivity index (χ2v) is 7.18. The van der Waals surface area contributed by atoms with Crippen LogP contribution >= 0.6 is 0 Å². The number of rotatable bonds is 1. The molecule has 0 fully saturated rings. The quantitative estimate of drug-likeness (QED) is 0.586. The van der Waals surface area contributed by atoms with Crippen LogP contribution in [0.5, 0.6) is 0 Å². The van der Waals surface area contributed by atoms with E-state index in [9.17, 15) is 14.4 Å². The van der Waals surface area contributed by atoms with Crippen LogP contribution in [0.25, 0.3) is 10.9 Å². The number of carbonyl (C=O) groups excluding carboxylic acids is 3. The van der Waals surface area contributed by atoms with Crippen molar-refractivity contribution in [1.29, 1.82) is 0 Å². The summed E-state index contributed by atoms with van der Waals surface area (Å²) in [6.45, 7) is 5.38. The number of hydrogen-bond donors (Lipinski definition) is 0. The summed E-state index contributed by atoms with van der Waals surface area (Å²) in [5.41, 5.74) is 1.36. The topological polar surface area (TPSA) is 74.6 Å². The Hall–Kier alpha value is -2.63. The first-order valence-corrected chi connectivity index (χ1v) is 8.21. The Kier molecular flexibility index (Phi) is 4.14. The molecular formula is C19H21NO5. The van der Waals surface area contributed by atoms with Crippen molar-refractivity contribution in [2.75, 3.05) is 7.11 Å². The number of ether oxygens (including phenoxy) is 2. The van der Waals surface area contributed by atoms with Gasteiger partial charge in [-0.3, -0.25) is 14.2 Å². The third-order valence-electron chi connectivity index (χ3n) is 4.30. The molecule has 1 aliphatic rings. The lowest BCUT2D eigenvalue weighted by Crippen LogP contribution is -2.30. The molecule has 0 bridgehead atoms. The Morgan fingerprint density at radius 3 is 2.56 bits per heavy atom. The second-order valence-electron chi connectivity index (χ2n) is 7.18. The van der Waals surface area contributed by atoms with Crippen LogP contribution in [0.2, 0.25) is 0 Å². The number of ketones is 1. The molecule has 0 spiro atoms. The van der Waals surface area contributed by atoms with Crippen LogP contribution in [0, 0.1) is 5.92 Å². The molecular weight excluding hydrogens is 322 g/mol. The summed E-state index contributed by atoms with van der Waals surface area (Å²) in [6.07, 6.45) is 2.15. The summed E-state index contributed by atoms with van der Waals surface area (Å²) in [5, 5.41) is 0.655. The first-order valence-electron chi connectivity index (χ1n) is 8.21. The van der Waals surface area contributed by atoms with Gasteiger partial charge in [-0.2, -0.15) is 0 Å². The molecule has 0 radical (unpaired) electrons. The van der Waals surface area contributed by atoms with Gasteiger partial charge in [-0.05, 0) is 51.3 Å². The zero-order valence-electron chi connectivity index (χ0n) is 14.8. The molecule has 3 rings (SSSR count). The molecule has 132 valence electrons. The second kappa shape index (κ2) is 6.02. The van der Waals surface area contributed by atoms with E-state index in [1.54, 1.807) is 33.0 Å². The van der Waals surface area contributed by atoms with Crippen molar-refractivity contribution in [1.82, 2.24) is 4.57 Å². The number of carbonyl (C=O) groups is 3. The summed E-state index contributed by atoms with van der Waals surface area (Å²) in [6, 6.07) is 5.36. The molecule has 1 aromatic carbocycles. The minimum Gasteiger partial charge on any atom is -0.468 e. The van der Waals surface area contributed by atoms with Crippen LogP contribution in [0.3, 0.4) is 0 Å². The van der Waals surface area contributed by atoms with Gasteiger partial charge in [-0.1, -0.05) is 6.07 Å². The van der Waals surface area contributed by atoms with Crippen LogP contribution in [0.1, 0.15) is 43.1 Å². The maximum Gasteiger partial charge on any atom is 0.418 e. The normalized spacial score (nSPS) is 17.3. The highest BCUT2D eigenvalue weighted by Crippen LogP contribution is 2.33. The van der Waals surface area contributed by atoms with Gasteiger partial charge in [0.05, 0.1) is 12.6 Å². The van der Waals surface area contributed by atoms with E-state index in [0.717, 1.165) is 5.56 Å². The fourth-order valence-corrected chi connectivity index (χ4v) is 3.20. The van der Waals surface area contributed by atoms with Gasteiger partial charge in [0, 0.05) is 17.1 Å². The molecule has 1 heterocycles. The predicted molar refractivity (Wildman–Crippen MR) is 91.7 cm³/mol. The Bertz CT molecular complexity index is 872. The summed E-state index contributed by atoms with van der Waals surface area (Å²) in [5.74, 6) is -1.55. The summed E-state index contributed by atoms with van der Waals surface area (Å²) < 4.78 is 11.5.